The second-order valence-electron chi connectivity index (χ2n) is 6.18. The number of hydrogen-bond donors (Lipinski definition) is 1. The quantitative estimate of drug-likeness (QED) is 0.864. The molecule has 0 fully saturated rings. The summed E-state index contributed by atoms with van der Waals surface area (Å²) in [4.78, 5) is 24.3. The minimum atomic E-state index is -4.89. The first kappa shape index (κ1) is 18.9. The smallest absolute Gasteiger partial charge is 0.405 e. The molecule has 1 N–H and O–H groups in total. The van der Waals surface area contributed by atoms with Gasteiger partial charge in [0.2, 0.25) is 0 Å². The van der Waals surface area contributed by atoms with Crippen LogP contribution >= 0.6 is 0 Å². The molecule has 0 bridgehead atoms. The highest BCUT2D eigenvalue weighted by atomic mass is 19.4. The van der Waals surface area contributed by atoms with E-state index < -0.39 is 18.0 Å². The molecule has 0 spiro atoms. The van der Waals surface area contributed by atoms with E-state index in [2.05, 4.69) is 15.2 Å². The molecule has 0 unspecified atom stereocenters. The van der Waals surface area contributed by atoms with Crippen molar-refractivity contribution in [3.05, 3.63) is 57.5 Å². The molecule has 0 saturated carbocycles. The first-order valence-corrected chi connectivity index (χ1v) is 8.56. The summed E-state index contributed by atoms with van der Waals surface area (Å²) in [7, 11) is 0. The Morgan fingerprint density at radius 3 is 2.74 bits per heavy atom. The van der Waals surface area contributed by atoms with Crippen LogP contribution in [0.25, 0.3) is 0 Å². The van der Waals surface area contributed by atoms with Crippen LogP contribution in [0.2, 0.25) is 0 Å². The molecule has 9 heteroatoms. The number of ether oxygens (including phenoxy) is 1. The normalized spacial score (nSPS) is 13.7. The Morgan fingerprint density at radius 1 is 1.22 bits per heavy atom. The van der Waals surface area contributed by atoms with E-state index in [4.69, 9.17) is 0 Å². The van der Waals surface area contributed by atoms with E-state index in [0.29, 0.717) is 0 Å². The van der Waals surface area contributed by atoms with E-state index in [1.165, 1.54) is 22.9 Å². The van der Waals surface area contributed by atoms with Crippen LogP contribution in [0.5, 0.6) is 5.75 Å². The monoisotopic (exact) mass is 381 g/mol. The molecule has 1 amide bonds. The van der Waals surface area contributed by atoms with E-state index in [1.54, 1.807) is 6.07 Å². The summed E-state index contributed by atoms with van der Waals surface area (Å²) in [6.07, 6.45) is -1.19. The molecular weight excluding hydrogens is 363 g/mol. The van der Waals surface area contributed by atoms with Crippen LogP contribution in [0.3, 0.4) is 0 Å². The average molecular weight is 381 g/mol. The maximum absolute atomic E-state index is 12.4. The number of aryl methyl sites for hydroxylation is 2. The van der Waals surface area contributed by atoms with Gasteiger partial charge in [-0.15, -0.1) is 13.2 Å². The van der Waals surface area contributed by atoms with Crippen LogP contribution in [0.4, 0.5) is 13.2 Å². The van der Waals surface area contributed by atoms with Gasteiger partial charge in [-0.2, -0.15) is 5.10 Å². The summed E-state index contributed by atoms with van der Waals surface area (Å²) in [6.45, 7) is 0.172. The van der Waals surface area contributed by atoms with Crippen molar-refractivity contribution < 1.29 is 22.7 Å². The first-order valence-electron chi connectivity index (χ1n) is 8.56. The van der Waals surface area contributed by atoms with E-state index >= 15 is 0 Å². The molecule has 0 saturated heterocycles. The number of amides is 1. The van der Waals surface area contributed by atoms with Gasteiger partial charge in [-0.05, 0) is 43.4 Å². The summed E-state index contributed by atoms with van der Waals surface area (Å²) >= 11 is 0. The van der Waals surface area contributed by atoms with Gasteiger partial charge in [0.15, 0.2) is 0 Å². The minimum Gasteiger partial charge on any atom is -0.405 e. The van der Waals surface area contributed by atoms with E-state index in [-0.39, 0.29) is 24.2 Å². The van der Waals surface area contributed by atoms with Crippen LogP contribution in [0.1, 0.15) is 34.5 Å². The zero-order valence-corrected chi connectivity index (χ0v) is 14.4. The maximum atomic E-state index is 12.4. The summed E-state index contributed by atoms with van der Waals surface area (Å²) in [5.41, 5.74) is 1.35. The number of alkyl halides is 3. The zero-order valence-electron chi connectivity index (χ0n) is 14.4. The lowest BCUT2D eigenvalue weighted by Gasteiger charge is -2.16. The Kier molecular flexibility index (Phi) is 5.48. The van der Waals surface area contributed by atoms with Crippen LogP contribution in [0, 0.1) is 0 Å². The second-order valence-corrected chi connectivity index (χ2v) is 6.18. The van der Waals surface area contributed by atoms with Gasteiger partial charge in [0.1, 0.15) is 5.75 Å². The number of para-hydroxylation sites is 1. The van der Waals surface area contributed by atoms with E-state index in [0.717, 1.165) is 43.0 Å². The maximum Gasteiger partial charge on any atom is 0.573 e. The molecular formula is C18H18F3N3O3. The standard InChI is InChI=1S/C18H18F3N3O3/c19-18(20,21)27-15-8-4-2-6-13(15)17(26)22-9-10-24-16(25)11-12-5-1-3-7-14(12)23-24/h2,4,6,8,11H,1,3,5,7,9-10H2,(H,22,26). The van der Waals surface area contributed by atoms with Gasteiger partial charge in [-0.3, -0.25) is 9.59 Å². The molecule has 27 heavy (non-hydrogen) atoms. The number of fused-ring (bicyclic) bond motifs is 1. The Hall–Kier alpha value is -2.84. The second kappa shape index (κ2) is 7.81. The molecule has 2 aromatic rings. The van der Waals surface area contributed by atoms with Crippen LogP contribution < -0.4 is 15.6 Å². The Labute approximate surface area is 153 Å². The number of hydrogen-bond acceptors (Lipinski definition) is 4. The summed E-state index contributed by atoms with van der Waals surface area (Å²) in [5.74, 6) is -1.30. The highest BCUT2D eigenvalue weighted by molar-refractivity contribution is 5.96. The van der Waals surface area contributed by atoms with Crippen molar-refractivity contribution in [1.82, 2.24) is 15.1 Å². The number of nitrogens with one attached hydrogen (secondary N) is 1. The van der Waals surface area contributed by atoms with E-state index in [1.807, 2.05) is 0 Å². The Balaban J connectivity index is 1.65. The molecule has 1 aliphatic carbocycles. The van der Waals surface area contributed by atoms with Gasteiger partial charge >= 0.3 is 6.36 Å². The van der Waals surface area contributed by atoms with Crippen molar-refractivity contribution in [2.75, 3.05) is 6.54 Å². The number of carbonyl (C=O) groups excluding carboxylic acids is 1. The molecule has 6 nitrogen and oxygen atoms in total. The fraction of sp³-hybridized carbons (Fsp3) is 0.389. The third-order valence-electron chi connectivity index (χ3n) is 4.24. The lowest BCUT2D eigenvalue weighted by atomic mass is 9.97. The molecule has 0 aliphatic heterocycles. The van der Waals surface area contributed by atoms with Crippen molar-refractivity contribution >= 4 is 5.91 Å². The number of nitrogens with zero attached hydrogens (tertiary/aromatic N) is 2. The highest BCUT2D eigenvalue weighted by Gasteiger charge is 2.32. The topological polar surface area (TPSA) is 73.2 Å². The SMILES string of the molecule is O=C(NCCn1nc2c(cc1=O)CCCC2)c1ccccc1OC(F)(F)F. The molecule has 144 valence electrons. The van der Waals surface area contributed by atoms with Crippen molar-refractivity contribution in [3.63, 3.8) is 0 Å². The predicted molar refractivity (Wildman–Crippen MR) is 90.6 cm³/mol. The number of halogens is 3. The number of aromatic nitrogens is 2. The fourth-order valence-electron chi connectivity index (χ4n) is 3.00. The van der Waals surface area contributed by atoms with Gasteiger partial charge in [0.05, 0.1) is 17.8 Å². The molecule has 1 aliphatic rings. The van der Waals surface area contributed by atoms with Crippen LogP contribution in [0.15, 0.2) is 35.1 Å². The van der Waals surface area contributed by atoms with Crippen molar-refractivity contribution in [1.29, 1.82) is 0 Å². The highest BCUT2D eigenvalue weighted by Crippen LogP contribution is 2.26. The van der Waals surface area contributed by atoms with E-state index in [9.17, 15) is 22.8 Å². The number of rotatable bonds is 5. The molecule has 1 aromatic heterocycles. The molecule has 3 rings (SSSR count). The molecule has 1 heterocycles. The predicted octanol–water partition coefficient (Wildman–Crippen LogP) is 2.45. The van der Waals surface area contributed by atoms with Crippen molar-refractivity contribution in [2.45, 2.75) is 38.6 Å². The van der Waals surface area contributed by atoms with Gasteiger partial charge < -0.3 is 10.1 Å². The summed E-state index contributed by atoms with van der Waals surface area (Å²) in [5, 5.41) is 6.82. The third-order valence-corrected chi connectivity index (χ3v) is 4.24. The molecule has 0 atom stereocenters. The fourth-order valence-corrected chi connectivity index (χ4v) is 3.00. The number of benzene rings is 1. The van der Waals surface area contributed by atoms with Crippen molar-refractivity contribution in [3.8, 4) is 5.75 Å². The third kappa shape index (κ3) is 4.87. The minimum absolute atomic E-state index is 0.0465. The van der Waals surface area contributed by atoms with Gasteiger partial charge in [0, 0.05) is 12.6 Å². The lowest BCUT2D eigenvalue weighted by Crippen LogP contribution is -2.33. The molecule has 0 radical (unpaired) electrons. The molecule has 1 aromatic carbocycles. The summed E-state index contributed by atoms with van der Waals surface area (Å²) in [6, 6.07) is 6.65. The van der Waals surface area contributed by atoms with Gasteiger partial charge in [-0.1, -0.05) is 12.1 Å². The van der Waals surface area contributed by atoms with Gasteiger partial charge in [-0.25, -0.2) is 4.68 Å². The lowest BCUT2D eigenvalue weighted by molar-refractivity contribution is -0.274. The van der Waals surface area contributed by atoms with Gasteiger partial charge in [0.25, 0.3) is 11.5 Å². The summed E-state index contributed by atoms with van der Waals surface area (Å²) < 4.78 is 42.5. The van der Waals surface area contributed by atoms with Crippen molar-refractivity contribution in [2.24, 2.45) is 0 Å². The first-order chi connectivity index (χ1) is 12.8. The van der Waals surface area contributed by atoms with Crippen LogP contribution in [-0.2, 0) is 19.4 Å². The average Bonchev–Trinajstić information content (AvgIpc) is 2.61. The Morgan fingerprint density at radius 2 is 1.96 bits per heavy atom. The largest absolute Gasteiger partial charge is 0.573 e. The van der Waals surface area contributed by atoms with Crippen LogP contribution in [-0.4, -0.2) is 28.6 Å². The Bertz CT molecular complexity index is 893. The zero-order chi connectivity index (χ0) is 19.4. The number of carbonyl (C=O) groups is 1.